The number of benzene rings is 1. The average Bonchev–Trinajstić information content (AvgIpc) is 3.70. The highest BCUT2D eigenvalue weighted by molar-refractivity contribution is 5.70. The molecule has 2 heterocycles. The molecule has 1 aromatic heterocycles. The van der Waals surface area contributed by atoms with Gasteiger partial charge in [0.05, 0.1) is 0 Å². The maximum atomic E-state index is 15.1. The first kappa shape index (κ1) is 34.3. The molecule has 0 N–H and O–H groups in total. The van der Waals surface area contributed by atoms with Crippen molar-refractivity contribution in [2.75, 3.05) is 33.2 Å². The van der Waals surface area contributed by atoms with Crippen molar-refractivity contribution in [3.05, 3.63) is 59.2 Å². The van der Waals surface area contributed by atoms with Gasteiger partial charge >= 0.3 is 12.2 Å². The van der Waals surface area contributed by atoms with Gasteiger partial charge in [0.1, 0.15) is 23.6 Å². The van der Waals surface area contributed by atoms with E-state index in [1.165, 1.54) is 18.3 Å². The van der Waals surface area contributed by atoms with Gasteiger partial charge in [-0.15, -0.1) is 0 Å². The van der Waals surface area contributed by atoms with Crippen LogP contribution in [0, 0.1) is 17.6 Å². The first-order chi connectivity index (χ1) is 21.0. The number of hydrogen-bond donors (Lipinski definition) is 0. The molecule has 2 amide bonds. The minimum atomic E-state index is -0.895. The molecule has 0 spiro atoms. The molecule has 248 valence electrons. The van der Waals surface area contributed by atoms with Crippen LogP contribution in [0.4, 0.5) is 22.8 Å². The predicted octanol–water partition coefficient (Wildman–Crippen LogP) is 6.50. The second-order valence-corrected chi connectivity index (χ2v) is 13.8. The summed E-state index contributed by atoms with van der Waals surface area (Å²) in [5.74, 6) is -2.95. The Morgan fingerprint density at radius 2 is 1.64 bits per heavy atom. The van der Waals surface area contributed by atoms with E-state index < -0.39 is 40.8 Å². The van der Waals surface area contributed by atoms with Crippen molar-refractivity contribution < 1.29 is 37.0 Å². The summed E-state index contributed by atoms with van der Waals surface area (Å²) in [5, 5.41) is 0. The van der Waals surface area contributed by atoms with E-state index in [1.54, 1.807) is 43.7 Å². The summed E-state index contributed by atoms with van der Waals surface area (Å²) < 4.78 is 60.6. The first-order valence-corrected chi connectivity index (χ1v) is 15.4. The molecule has 0 radical (unpaired) electrons. The van der Waals surface area contributed by atoms with Crippen molar-refractivity contribution in [1.29, 1.82) is 0 Å². The van der Waals surface area contributed by atoms with Crippen LogP contribution >= 0.6 is 0 Å². The molecule has 2 aliphatic rings. The SMILES string of the molecule is CN(CCN1CCC(N(C(=O)OC(C)(C)C)[C@@H]2C[C@H]2c2cc(F)cc(F)c2OCc2cccnc2F)CC1)C(=O)OC(C)(C)C. The number of pyridine rings is 1. The Kier molecular flexibility index (Phi) is 10.6. The van der Waals surface area contributed by atoms with Crippen LogP contribution in [0.15, 0.2) is 30.5 Å². The van der Waals surface area contributed by atoms with Crippen LogP contribution in [0.25, 0.3) is 0 Å². The molecule has 1 aromatic carbocycles. The number of ether oxygens (including phenoxy) is 3. The third kappa shape index (κ3) is 9.48. The van der Waals surface area contributed by atoms with Crippen LogP contribution in [0.2, 0.25) is 0 Å². The second kappa shape index (κ2) is 13.8. The summed E-state index contributed by atoms with van der Waals surface area (Å²) in [4.78, 5) is 35.0. The van der Waals surface area contributed by atoms with Crippen molar-refractivity contribution in [3.63, 3.8) is 0 Å². The summed E-state index contributed by atoms with van der Waals surface area (Å²) >= 11 is 0. The molecular weight excluding hydrogens is 589 g/mol. The first-order valence-electron chi connectivity index (χ1n) is 15.4. The molecule has 4 rings (SSSR count). The molecule has 1 saturated carbocycles. The zero-order chi connectivity index (χ0) is 33.1. The van der Waals surface area contributed by atoms with Gasteiger partial charge in [0.25, 0.3) is 0 Å². The van der Waals surface area contributed by atoms with E-state index in [4.69, 9.17) is 14.2 Å². The Balaban J connectivity index is 1.45. The number of rotatable bonds is 9. The number of likely N-dealkylation sites (N-methyl/N-ethyl adjacent to an activating group) is 1. The third-order valence-electron chi connectivity index (χ3n) is 7.77. The van der Waals surface area contributed by atoms with Gasteiger partial charge in [0.15, 0.2) is 11.6 Å². The Labute approximate surface area is 263 Å². The summed E-state index contributed by atoms with van der Waals surface area (Å²) in [6.07, 6.45) is 2.25. The minimum Gasteiger partial charge on any atom is -0.485 e. The highest BCUT2D eigenvalue weighted by Gasteiger charge is 2.50. The predicted molar refractivity (Wildman–Crippen MR) is 162 cm³/mol. The molecule has 9 nitrogen and oxygen atoms in total. The van der Waals surface area contributed by atoms with Gasteiger partial charge in [-0.25, -0.2) is 23.4 Å². The van der Waals surface area contributed by atoms with Crippen molar-refractivity contribution in [1.82, 2.24) is 19.7 Å². The summed E-state index contributed by atoms with van der Waals surface area (Å²) in [6.45, 7) is 13.1. The van der Waals surface area contributed by atoms with E-state index in [-0.39, 0.29) is 41.7 Å². The molecule has 1 saturated heterocycles. The zero-order valence-corrected chi connectivity index (χ0v) is 27.2. The number of halogens is 3. The van der Waals surface area contributed by atoms with Crippen LogP contribution in [-0.2, 0) is 16.1 Å². The Hall–Kier alpha value is -3.54. The zero-order valence-electron chi connectivity index (χ0n) is 27.2. The fourth-order valence-electron chi connectivity index (χ4n) is 5.52. The van der Waals surface area contributed by atoms with E-state index in [0.29, 0.717) is 45.4 Å². The molecular formula is C33H45F3N4O5. The molecule has 1 aliphatic carbocycles. The molecule has 1 aliphatic heterocycles. The number of hydrogen-bond acceptors (Lipinski definition) is 7. The normalized spacial score (nSPS) is 19.2. The summed E-state index contributed by atoms with van der Waals surface area (Å²) in [5.41, 5.74) is -0.881. The van der Waals surface area contributed by atoms with E-state index in [0.717, 1.165) is 6.07 Å². The number of nitrogens with zero attached hydrogens (tertiary/aromatic N) is 4. The third-order valence-corrected chi connectivity index (χ3v) is 7.77. The highest BCUT2D eigenvalue weighted by atomic mass is 19.1. The van der Waals surface area contributed by atoms with Crippen molar-refractivity contribution in [2.24, 2.45) is 0 Å². The van der Waals surface area contributed by atoms with Gasteiger partial charge in [-0.1, -0.05) is 0 Å². The minimum absolute atomic E-state index is 0.138. The fraction of sp³-hybridized carbons (Fsp3) is 0.606. The van der Waals surface area contributed by atoms with Gasteiger partial charge < -0.3 is 28.9 Å². The summed E-state index contributed by atoms with van der Waals surface area (Å²) in [6, 6.07) is 4.48. The molecule has 2 fully saturated rings. The Bertz CT molecular complexity index is 1350. The number of carbonyl (C=O) groups is 2. The lowest BCUT2D eigenvalue weighted by molar-refractivity contribution is 0.00393. The van der Waals surface area contributed by atoms with Gasteiger partial charge in [-0.3, -0.25) is 0 Å². The lowest BCUT2D eigenvalue weighted by Gasteiger charge is -2.40. The topological polar surface area (TPSA) is 84.4 Å². The second-order valence-electron chi connectivity index (χ2n) is 13.8. The van der Waals surface area contributed by atoms with Gasteiger partial charge in [-0.2, -0.15) is 4.39 Å². The van der Waals surface area contributed by atoms with Crippen LogP contribution in [0.3, 0.4) is 0 Å². The monoisotopic (exact) mass is 634 g/mol. The van der Waals surface area contributed by atoms with E-state index in [2.05, 4.69) is 9.88 Å². The lowest BCUT2D eigenvalue weighted by Crippen LogP contribution is -2.51. The maximum absolute atomic E-state index is 15.1. The van der Waals surface area contributed by atoms with Crippen molar-refractivity contribution >= 4 is 12.2 Å². The van der Waals surface area contributed by atoms with E-state index in [1.807, 2.05) is 20.8 Å². The molecule has 2 atom stereocenters. The molecule has 0 unspecified atom stereocenters. The van der Waals surface area contributed by atoms with Crippen LogP contribution < -0.4 is 4.74 Å². The van der Waals surface area contributed by atoms with Gasteiger partial charge in [-0.05, 0) is 79.0 Å². The van der Waals surface area contributed by atoms with E-state index in [9.17, 15) is 18.4 Å². The molecule has 45 heavy (non-hydrogen) atoms. The van der Waals surface area contributed by atoms with Crippen molar-refractivity contribution in [2.45, 2.75) is 96.6 Å². The van der Waals surface area contributed by atoms with Gasteiger partial charge in [0, 0.05) is 74.6 Å². The Morgan fingerprint density at radius 3 is 2.27 bits per heavy atom. The number of aromatic nitrogens is 1. The number of likely N-dealkylation sites (tertiary alicyclic amines) is 1. The van der Waals surface area contributed by atoms with E-state index >= 15 is 4.39 Å². The van der Waals surface area contributed by atoms with Crippen LogP contribution in [-0.4, -0.2) is 88.4 Å². The Morgan fingerprint density at radius 1 is 1.00 bits per heavy atom. The number of piperidine rings is 1. The average molecular weight is 635 g/mol. The maximum Gasteiger partial charge on any atom is 0.410 e. The quantitative estimate of drug-likeness (QED) is 0.291. The van der Waals surface area contributed by atoms with Crippen LogP contribution in [0.1, 0.15) is 77.8 Å². The number of carbonyl (C=O) groups excluding carboxylic acids is 2. The molecule has 2 aromatic rings. The fourth-order valence-corrected chi connectivity index (χ4v) is 5.52. The lowest BCUT2D eigenvalue weighted by atomic mass is 10.0. The largest absolute Gasteiger partial charge is 0.485 e. The van der Waals surface area contributed by atoms with Crippen LogP contribution in [0.5, 0.6) is 5.75 Å². The molecule has 12 heteroatoms. The standard InChI is InChI=1S/C33H45F3N4O5/c1-32(2,3)44-30(41)38(7)15-16-39-13-10-23(11-14-39)40(31(42)45-33(4,5)6)27-19-24(27)25-17-22(34)18-26(35)28(25)43-20-21-9-8-12-37-29(21)36/h8-9,12,17-18,23-24,27H,10-11,13-16,19-20H2,1-7H3/t24-,27+/m0/s1. The highest BCUT2D eigenvalue weighted by Crippen LogP contribution is 2.50. The molecule has 0 bridgehead atoms. The number of amides is 2. The van der Waals surface area contributed by atoms with Crippen molar-refractivity contribution in [3.8, 4) is 5.75 Å². The smallest absolute Gasteiger partial charge is 0.410 e. The summed E-state index contributed by atoms with van der Waals surface area (Å²) in [7, 11) is 1.71. The van der Waals surface area contributed by atoms with Gasteiger partial charge in [0.2, 0.25) is 5.95 Å².